The fourth-order valence-corrected chi connectivity index (χ4v) is 1.55. The number of unbranched alkanes of at least 4 members (excludes halogenated alkanes) is 2. The van der Waals surface area contributed by atoms with Gasteiger partial charge in [-0.15, -0.1) is 0 Å². The molecule has 0 amide bonds. The first-order chi connectivity index (χ1) is 5.84. The normalized spacial score (nSPS) is 18.8. The molecule has 12 heavy (non-hydrogen) atoms. The summed E-state index contributed by atoms with van der Waals surface area (Å²) >= 11 is 3.45. The second-order valence-corrected chi connectivity index (χ2v) is 3.72. The SMILES string of the molecule is CCCC/C=C(\Br)B1OCCO1. The maximum Gasteiger partial charge on any atom is 0.501 e. The highest BCUT2D eigenvalue weighted by atomic mass is 79.9. The van der Waals surface area contributed by atoms with Crippen molar-refractivity contribution in [2.24, 2.45) is 0 Å². The third-order valence-electron chi connectivity index (χ3n) is 1.74. The molecule has 0 N–H and O–H groups in total. The van der Waals surface area contributed by atoms with E-state index in [4.69, 9.17) is 9.31 Å². The summed E-state index contributed by atoms with van der Waals surface area (Å²) in [7, 11) is -0.137. The van der Waals surface area contributed by atoms with Crippen LogP contribution < -0.4 is 0 Å². The van der Waals surface area contributed by atoms with Gasteiger partial charge in [0.2, 0.25) is 0 Å². The average Bonchev–Trinajstić information content (AvgIpc) is 2.56. The predicted molar refractivity (Wildman–Crippen MR) is 54.2 cm³/mol. The minimum absolute atomic E-state index is 0.137. The predicted octanol–water partition coefficient (Wildman–Crippen LogP) is 2.53. The lowest BCUT2D eigenvalue weighted by molar-refractivity contribution is 0.365. The lowest BCUT2D eigenvalue weighted by Crippen LogP contribution is -2.14. The molecule has 1 fully saturated rings. The summed E-state index contributed by atoms with van der Waals surface area (Å²) in [5, 5.41) is 0. The molecule has 2 nitrogen and oxygen atoms in total. The summed E-state index contributed by atoms with van der Waals surface area (Å²) < 4.78 is 11.7. The Balaban J connectivity index is 2.24. The first-order valence-electron chi connectivity index (χ1n) is 4.43. The molecule has 0 bridgehead atoms. The van der Waals surface area contributed by atoms with E-state index in [2.05, 4.69) is 28.9 Å². The van der Waals surface area contributed by atoms with Crippen molar-refractivity contribution < 1.29 is 9.31 Å². The third kappa shape index (κ3) is 3.29. The van der Waals surface area contributed by atoms with Crippen molar-refractivity contribution in [1.29, 1.82) is 0 Å². The Morgan fingerprint density at radius 1 is 1.50 bits per heavy atom. The Morgan fingerprint density at radius 2 is 2.17 bits per heavy atom. The van der Waals surface area contributed by atoms with E-state index in [0.717, 1.165) is 10.8 Å². The topological polar surface area (TPSA) is 18.5 Å². The van der Waals surface area contributed by atoms with Crippen LogP contribution in [0.2, 0.25) is 0 Å². The van der Waals surface area contributed by atoms with Crippen molar-refractivity contribution in [3.05, 3.63) is 10.5 Å². The van der Waals surface area contributed by atoms with E-state index in [-0.39, 0.29) is 7.12 Å². The molecule has 0 saturated carbocycles. The number of rotatable bonds is 4. The van der Waals surface area contributed by atoms with Gasteiger partial charge in [0.1, 0.15) is 0 Å². The molecule has 4 heteroatoms. The van der Waals surface area contributed by atoms with Crippen LogP contribution in [-0.4, -0.2) is 20.3 Å². The zero-order valence-corrected chi connectivity index (χ0v) is 8.97. The highest BCUT2D eigenvalue weighted by Gasteiger charge is 2.26. The van der Waals surface area contributed by atoms with Gasteiger partial charge in [-0.2, -0.15) is 0 Å². The smallest absolute Gasteiger partial charge is 0.405 e. The summed E-state index contributed by atoms with van der Waals surface area (Å²) in [6.07, 6.45) is 5.69. The van der Waals surface area contributed by atoms with Gasteiger partial charge in [-0.25, -0.2) is 0 Å². The van der Waals surface area contributed by atoms with Gasteiger partial charge >= 0.3 is 7.12 Å². The van der Waals surface area contributed by atoms with Gasteiger partial charge in [-0.3, -0.25) is 0 Å². The first kappa shape index (κ1) is 10.3. The second-order valence-electron chi connectivity index (χ2n) is 2.80. The molecular formula is C8H14BBrO2. The van der Waals surface area contributed by atoms with Gasteiger partial charge in [-0.1, -0.05) is 41.8 Å². The average molecular weight is 233 g/mol. The Morgan fingerprint density at radius 3 is 2.75 bits per heavy atom. The summed E-state index contributed by atoms with van der Waals surface area (Å²) in [6, 6.07) is 0. The van der Waals surface area contributed by atoms with Crippen LogP contribution in [0.25, 0.3) is 0 Å². The van der Waals surface area contributed by atoms with Crippen molar-refractivity contribution >= 4 is 23.0 Å². The molecule has 0 radical (unpaired) electrons. The van der Waals surface area contributed by atoms with E-state index in [1.165, 1.54) is 12.8 Å². The molecule has 1 rings (SSSR count). The number of hydrogen-bond donors (Lipinski definition) is 0. The highest BCUT2D eigenvalue weighted by Crippen LogP contribution is 2.17. The Bertz CT molecular complexity index is 155. The van der Waals surface area contributed by atoms with Crippen LogP contribution in [0, 0.1) is 0 Å². The molecule has 1 saturated heterocycles. The molecule has 0 aromatic heterocycles. The van der Waals surface area contributed by atoms with Crippen molar-refractivity contribution in [1.82, 2.24) is 0 Å². The van der Waals surface area contributed by atoms with Crippen LogP contribution in [-0.2, 0) is 9.31 Å². The lowest BCUT2D eigenvalue weighted by Gasteiger charge is -2.01. The van der Waals surface area contributed by atoms with Crippen LogP contribution >= 0.6 is 15.9 Å². The van der Waals surface area contributed by atoms with E-state index in [0.29, 0.717) is 13.2 Å². The van der Waals surface area contributed by atoms with Crippen molar-refractivity contribution in [2.75, 3.05) is 13.2 Å². The van der Waals surface area contributed by atoms with E-state index in [1.807, 2.05) is 0 Å². The molecule has 0 aliphatic carbocycles. The minimum Gasteiger partial charge on any atom is -0.405 e. The van der Waals surface area contributed by atoms with Crippen LogP contribution in [0.1, 0.15) is 26.2 Å². The standard InChI is InChI=1S/C8H14BBrO2/c1-2-3-4-5-8(10)9-11-6-7-12-9/h5H,2-4,6-7H2,1H3/b8-5-. The molecule has 1 aliphatic rings. The molecule has 1 heterocycles. The van der Waals surface area contributed by atoms with Crippen molar-refractivity contribution in [2.45, 2.75) is 26.2 Å². The van der Waals surface area contributed by atoms with E-state index in [9.17, 15) is 0 Å². The van der Waals surface area contributed by atoms with Gasteiger partial charge in [-0.05, 0) is 6.42 Å². The number of halogens is 1. The molecule has 0 unspecified atom stereocenters. The van der Waals surface area contributed by atoms with Gasteiger partial charge in [0.05, 0.1) is 13.2 Å². The molecule has 0 aromatic rings. The fraction of sp³-hybridized carbons (Fsp3) is 0.750. The zero-order valence-electron chi connectivity index (χ0n) is 7.38. The lowest BCUT2D eigenvalue weighted by atomic mass is 9.90. The second kappa shape index (κ2) is 5.78. The summed E-state index contributed by atoms with van der Waals surface area (Å²) in [5.41, 5.74) is 0. The zero-order chi connectivity index (χ0) is 8.81. The summed E-state index contributed by atoms with van der Waals surface area (Å²) in [6.45, 7) is 3.60. The first-order valence-corrected chi connectivity index (χ1v) is 5.22. The summed E-state index contributed by atoms with van der Waals surface area (Å²) in [4.78, 5) is 0. The van der Waals surface area contributed by atoms with Gasteiger partial charge in [0.25, 0.3) is 0 Å². The number of allylic oxidation sites excluding steroid dienone is 1. The molecule has 0 spiro atoms. The largest absolute Gasteiger partial charge is 0.501 e. The Hall–Kier alpha value is 0.205. The minimum atomic E-state index is -0.137. The van der Waals surface area contributed by atoms with Crippen molar-refractivity contribution in [3.63, 3.8) is 0 Å². The van der Waals surface area contributed by atoms with Gasteiger partial charge in [0.15, 0.2) is 0 Å². The quantitative estimate of drug-likeness (QED) is 0.548. The molecule has 0 aromatic carbocycles. The van der Waals surface area contributed by atoms with E-state index >= 15 is 0 Å². The number of hydrogen-bond acceptors (Lipinski definition) is 2. The summed E-state index contributed by atoms with van der Waals surface area (Å²) in [5.74, 6) is 0. The van der Waals surface area contributed by atoms with Crippen LogP contribution in [0.4, 0.5) is 0 Å². The monoisotopic (exact) mass is 232 g/mol. The van der Waals surface area contributed by atoms with Gasteiger partial charge in [0, 0.05) is 4.38 Å². The van der Waals surface area contributed by atoms with Gasteiger partial charge < -0.3 is 9.31 Å². The Labute approximate surface area is 82.6 Å². The van der Waals surface area contributed by atoms with E-state index < -0.39 is 0 Å². The van der Waals surface area contributed by atoms with E-state index in [1.54, 1.807) is 0 Å². The highest BCUT2D eigenvalue weighted by molar-refractivity contribution is 9.12. The van der Waals surface area contributed by atoms with Crippen LogP contribution in [0.15, 0.2) is 10.5 Å². The maximum atomic E-state index is 5.31. The molecule has 68 valence electrons. The third-order valence-corrected chi connectivity index (χ3v) is 2.44. The maximum absolute atomic E-state index is 5.31. The van der Waals surface area contributed by atoms with Crippen LogP contribution in [0.5, 0.6) is 0 Å². The molecule has 0 atom stereocenters. The van der Waals surface area contributed by atoms with Crippen LogP contribution in [0.3, 0.4) is 0 Å². The Kier molecular flexibility index (Phi) is 4.96. The fourth-order valence-electron chi connectivity index (χ4n) is 1.06. The molecule has 1 aliphatic heterocycles. The molecular weight excluding hydrogens is 219 g/mol. The van der Waals surface area contributed by atoms with Crippen molar-refractivity contribution in [3.8, 4) is 0 Å².